The van der Waals surface area contributed by atoms with Gasteiger partial charge in [-0.25, -0.2) is 4.39 Å². The molecule has 0 spiro atoms. The van der Waals surface area contributed by atoms with Crippen LogP contribution >= 0.6 is 11.6 Å². The number of carbonyl (C=O) groups is 1. The van der Waals surface area contributed by atoms with Gasteiger partial charge in [-0.2, -0.15) is 0 Å². The number of piperazine rings is 1. The minimum absolute atomic E-state index is 0.0594. The number of nitrogens with zero attached hydrogens (tertiary/aromatic N) is 1. The number of rotatable bonds is 4. The van der Waals surface area contributed by atoms with E-state index in [1.165, 1.54) is 18.7 Å². The van der Waals surface area contributed by atoms with Crippen molar-refractivity contribution in [2.45, 2.75) is 26.2 Å². The van der Waals surface area contributed by atoms with E-state index in [0.29, 0.717) is 11.1 Å². The lowest BCUT2D eigenvalue weighted by Crippen LogP contribution is -2.42. The van der Waals surface area contributed by atoms with Crippen molar-refractivity contribution in [1.82, 2.24) is 10.2 Å². The first kappa shape index (κ1) is 22.4. The van der Waals surface area contributed by atoms with E-state index in [2.05, 4.69) is 27.7 Å². The molecule has 2 aromatic carbocycles. The number of hydrogen-bond acceptors (Lipinski definition) is 4. The van der Waals surface area contributed by atoms with Crippen molar-refractivity contribution < 1.29 is 14.3 Å². The molecule has 1 aliphatic heterocycles. The summed E-state index contributed by atoms with van der Waals surface area (Å²) < 4.78 is 14.6. The summed E-state index contributed by atoms with van der Waals surface area (Å²) in [6, 6.07) is 8.34. The van der Waals surface area contributed by atoms with Gasteiger partial charge in [0, 0.05) is 49.9 Å². The molecular weight excluding hydrogens is 429 g/mol. The lowest BCUT2D eigenvalue weighted by molar-refractivity contribution is -0.114. The van der Waals surface area contributed by atoms with Gasteiger partial charge in [-0.3, -0.25) is 4.79 Å². The van der Waals surface area contributed by atoms with Gasteiger partial charge in [0.05, 0.1) is 10.7 Å². The number of allylic oxidation sites excluding steroid dienone is 3. The Morgan fingerprint density at radius 1 is 1.22 bits per heavy atom. The van der Waals surface area contributed by atoms with Crippen molar-refractivity contribution in [2.24, 2.45) is 0 Å². The maximum absolute atomic E-state index is 14.6. The Bertz CT molecular complexity index is 1070. The number of benzene rings is 2. The van der Waals surface area contributed by atoms with Crippen molar-refractivity contribution in [3.63, 3.8) is 0 Å². The zero-order chi connectivity index (χ0) is 22.7. The summed E-state index contributed by atoms with van der Waals surface area (Å²) in [5.41, 5.74) is 3.89. The number of aromatic hydroxyl groups is 1. The Morgan fingerprint density at radius 3 is 2.69 bits per heavy atom. The molecule has 0 unspecified atom stereocenters. The minimum Gasteiger partial charge on any atom is -0.507 e. The molecule has 32 heavy (non-hydrogen) atoms. The predicted octanol–water partition coefficient (Wildman–Crippen LogP) is 5.17. The molecule has 2 aliphatic rings. The van der Waals surface area contributed by atoms with Crippen molar-refractivity contribution in [3.05, 3.63) is 64.6 Å². The van der Waals surface area contributed by atoms with Crippen LogP contribution in [-0.2, 0) is 4.79 Å². The van der Waals surface area contributed by atoms with Crippen molar-refractivity contribution in [2.75, 3.05) is 31.5 Å². The maximum Gasteiger partial charge on any atom is 0.221 e. The number of nitrogens with one attached hydrogen (secondary N) is 2. The van der Waals surface area contributed by atoms with E-state index >= 15 is 0 Å². The highest BCUT2D eigenvalue weighted by molar-refractivity contribution is 6.34. The van der Waals surface area contributed by atoms with Gasteiger partial charge >= 0.3 is 0 Å². The fourth-order valence-electron chi connectivity index (χ4n) is 4.27. The van der Waals surface area contributed by atoms with E-state index in [-0.39, 0.29) is 16.5 Å². The van der Waals surface area contributed by atoms with Crippen LogP contribution in [0.1, 0.15) is 31.7 Å². The van der Waals surface area contributed by atoms with Crippen LogP contribution in [0, 0.1) is 5.82 Å². The number of phenolic OH excluding ortho intramolecular Hbond substituents is 1. The van der Waals surface area contributed by atoms with E-state index in [1.54, 1.807) is 12.1 Å². The van der Waals surface area contributed by atoms with Crippen LogP contribution in [0.3, 0.4) is 0 Å². The summed E-state index contributed by atoms with van der Waals surface area (Å²) in [4.78, 5) is 13.7. The molecule has 0 aromatic heterocycles. The second-order valence-electron chi connectivity index (χ2n) is 8.13. The molecule has 0 saturated carbocycles. The zero-order valence-electron chi connectivity index (χ0n) is 18.0. The van der Waals surface area contributed by atoms with E-state index in [9.17, 15) is 14.3 Å². The monoisotopic (exact) mass is 455 g/mol. The maximum atomic E-state index is 14.6. The van der Waals surface area contributed by atoms with Crippen LogP contribution in [0.4, 0.5) is 10.1 Å². The van der Waals surface area contributed by atoms with Gasteiger partial charge in [0.1, 0.15) is 11.6 Å². The molecule has 0 radical (unpaired) electrons. The molecular formula is C25H27ClFN3O2. The van der Waals surface area contributed by atoms with Crippen LogP contribution in [0.2, 0.25) is 5.02 Å². The molecule has 1 fully saturated rings. The van der Waals surface area contributed by atoms with Gasteiger partial charge in [0.2, 0.25) is 5.91 Å². The van der Waals surface area contributed by atoms with Gasteiger partial charge in [-0.05, 0) is 48.6 Å². The summed E-state index contributed by atoms with van der Waals surface area (Å²) in [7, 11) is 0. The average Bonchev–Trinajstić information content (AvgIpc) is 3.03. The smallest absolute Gasteiger partial charge is 0.221 e. The van der Waals surface area contributed by atoms with Crippen LogP contribution in [-0.4, -0.2) is 42.1 Å². The molecule has 1 aliphatic carbocycles. The first-order chi connectivity index (χ1) is 15.4. The number of amides is 1. The largest absolute Gasteiger partial charge is 0.507 e. The predicted molar refractivity (Wildman–Crippen MR) is 127 cm³/mol. The van der Waals surface area contributed by atoms with Gasteiger partial charge in [-0.15, -0.1) is 0 Å². The van der Waals surface area contributed by atoms with Gasteiger partial charge in [0.15, 0.2) is 0 Å². The van der Waals surface area contributed by atoms with Crippen molar-refractivity contribution in [1.29, 1.82) is 0 Å². The molecule has 4 rings (SSSR count). The summed E-state index contributed by atoms with van der Waals surface area (Å²) in [6.45, 7) is 5.13. The van der Waals surface area contributed by atoms with Crippen LogP contribution in [0.15, 0.2) is 48.2 Å². The number of halogens is 2. The van der Waals surface area contributed by atoms with Gasteiger partial charge < -0.3 is 20.6 Å². The van der Waals surface area contributed by atoms with Crippen LogP contribution < -0.4 is 10.6 Å². The Kier molecular flexibility index (Phi) is 6.82. The van der Waals surface area contributed by atoms with E-state index in [0.717, 1.165) is 56.6 Å². The molecule has 1 heterocycles. The van der Waals surface area contributed by atoms with E-state index in [1.807, 2.05) is 12.1 Å². The average molecular weight is 456 g/mol. The summed E-state index contributed by atoms with van der Waals surface area (Å²) >= 11 is 6.23. The molecule has 168 valence electrons. The molecule has 0 bridgehead atoms. The number of hydrogen-bond donors (Lipinski definition) is 3. The third-order valence-corrected chi connectivity index (χ3v) is 6.14. The Hall–Kier alpha value is -2.83. The summed E-state index contributed by atoms with van der Waals surface area (Å²) in [5.74, 6) is -0.954. The third-order valence-electron chi connectivity index (χ3n) is 5.84. The SMILES string of the molecule is CC(=O)Nc1c(F)cc(-c2cccc(C3=CC(N4CCNCC4)=CCCC3)c2O)cc1Cl. The number of para-hydroxylation sites is 1. The summed E-state index contributed by atoms with van der Waals surface area (Å²) in [5, 5.41) is 17.0. The fraction of sp³-hybridized carbons (Fsp3) is 0.320. The fourth-order valence-corrected chi connectivity index (χ4v) is 4.52. The Balaban J connectivity index is 1.70. The molecule has 2 aromatic rings. The minimum atomic E-state index is -0.648. The second kappa shape index (κ2) is 9.76. The third kappa shape index (κ3) is 4.81. The topological polar surface area (TPSA) is 64.6 Å². The normalized spacial score (nSPS) is 16.8. The highest BCUT2D eigenvalue weighted by Crippen LogP contribution is 2.41. The highest BCUT2D eigenvalue weighted by atomic mass is 35.5. The first-order valence-electron chi connectivity index (χ1n) is 10.9. The molecule has 7 heteroatoms. The molecule has 1 saturated heterocycles. The van der Waals surface area contributed by atoms with E-state index in [4.69, 9.17) is 11.6 Å². The lowest BCUT2D eigenvalue weighted by Gasteiger charge is -2.30. The zero-order valence-corrected chi connectivity index (χ0v) is 18.8. The van der Waals surface area contributed by atoms with Crippen LogP contribution in [0.5, 0.6) is 5.75 Å². The second-order valence-corrected chi connectivity index (χ2v) is 8.53. The standard InChI is InChI=1S/C25H27ClFN3O2/c1-16(31)29-24-22(26)14-18(15-23(24)27)21-8-4-7-20(25(21)32)17-5-2-3-6-19(13-17)30-11-9-28-10-12-30/h4,6-8,13-15,28,32H,2-3,5,9-12H2,1H3,(H,29,31). The van der Waals surface area contributed by atoms with Gasteiger partial charge in [-0.1, -0.05) is 35.9 Å². The van der Waals surface area contributed by atoms with E-state index < -0.39 is 11.7 Å². The first-order valence-corrected chi connectivity index (χ1v) is 11.3. The number of carbonyl (C=O) groups excluding carboxylic acids is 1. The Morgan fingerprint density at radius 2 is 1.97 bits per heavy atom. The van der Waals surface area contributed by atoms with Crippen LogP contribution in [0.25, 0.3) is 16.7 Å². The molecule has 1 amide bonds. The molecule has 3 N–H and O–H groups in total. The lowest BCUT2D eigenvalue weighted by atomic mass is 9.94. The number of phenols is 1. The number of anilines is 1. The quantitative estimate of drug-likeness (QED) is 0.595. The molecule has 5 nitrogen and oxygen atoms in total. The Labute approximate surface area is 192 Å². The molecule has 0 atom stereocenters. The van der Waals surface area contributed by atoms with Crippen molar-refractivity contribution >= 4 is 28.8 Å². The van der Waals surface area contributed by atoms with Crippen molar-refractivity contribution in [3.8, 4) is 16.9 Å². The highest BCUT2D eigenvalue weighted by Gasteiger charge is 2.19. The summed E-state index contributed by atoms with van der Waals surface area (Å²) in [6.07, 6.45) is 7.28. The van der Waals surface area contributed by atoms with Gasteiger partial charge in [0.25, 0.3) is 0 Å².